The monoisotopic (exact) mass is 750 g/mol. The van der Waals surface area contributed by atoms with E-state index in [1.807, 2.05) is 46.9 Å². The van der Waals surface area contributed by atoms with E-state index >= 15 is 0 Å². The minimum absolute atomic E-state index is 0.636. The Morgan fingerprint density at radius 2 is 0.821 bits per heavy atom. The van der Waals surface area contributed by atoms with Gasteiger partial charge in [-0.3, -0.25) is 0 Å². The lowest BCUT2D eigenvalue weighted by atomic mass is 10.0. The first-order chi connectivity index (χ1) is 27.7. The van der Waals surface area contributed by atoms with Crippen molar-refractivity contribution in [2.75, 3.05) is 4.90 Å². The molecule has 0 radical (unpaired) electrons. The number of hydrogen-bond donors (Lipinski definition) is 0. The topological polar surface area (TPSA) is 29.3 Å². The normalized spacial score (nSPS) is 11.9. The van der Waals surface area contributed by atoms with E-state index in [-0.39, 0.29) is 0 Å². The fourth-order valence-corrected chi connectivity index (χ4v) is 10.6. The van der Waals surface area contributed by atoms with Crippen molar-refractivity contribution in [3.8, 4) is 22.6 Å². The van der Waals surface area contributed by atoms with Crippen LogP contribution in [-0.4, -0.2) is 4.98 Å². The average molecular weight is 751 g/mol. The highest BCUT2D eigenvalue weighted by Crippen LogP contribution is 2.44. The van der Waals surface area contributed by atoms with Crippen molar-refractivity contribution < 1.29 is 4.42 Å². The molecule has 0 amide bonds. The van der Waals surface area contributed by atoms with Crippen molar-refractivity contribution in [3.63, 3.8) is 0 Å². The highest BCUT2D eigenvalue weighted by atomic mass is 32.1. The van der Waals surface area contributed by atoms with Crippen LogP contribution >= 0.6 is 22.7 Å². The van der Waals surface area contributed by atoms with E-state index in [4.69, 9.17) is 9.40 Å². The second-order valence-corrected chi connectivity index (χ2v) is 16.6. The quantitative estimate of drug-likeness (QED) is 0.175. The van der Waals surface area contributed by atoms with E-state index in [0.29, 0.717) is 5.89 Å². The van der Waals surface area contributed by atoms with Gasteiger partial charge in [0.15, 0.2) is 5.58 Å². The molecule has 0 aliphatic carbocycles. The highest BCUT2D eigenvalue weighted by Gasteiger charge is 2.18. The summed E-state index contributed by atoms with van der Waals surface area (Å²) < 4.78 is 11.2. The first kappa shape index (κ1) is 31.5. The van der Waals surface area contributed by atoms with Crippen LogP contribution in [0.25, 0.3) is 95.6 Å². The molecule has 3 heterocycles. The third kappa shape index (κ3) is 5.13. The van der Waals surface area contributed by atoms with Gasteiger partial charge in [0, 0.05) is 63.0 Å². The van der Waals surface area contributed by atoms with Crippen LogP contribution in [0.4, 0.5) is 17.1 Å². The predicted octanol–water partition coefficient (Wildman–Crippen LogP) is 15.7. The predicted molar refractivity (Wildman–Crippen MR) is 240 cm³/mol. The van der Waals surface area contributed by atoms with Crippen LogP contribution in [0.3, 0.4) is 0 Å². The third-order valence-corrected chi connectivity index (χ3v) is 13.3. The van der Waals surface area contributed by atoms with Crippen molar-refractivity contribution in [2.45, 2.75) is 0 Å². The summed E-state index contributed by atoms with van der Waals surface area (Å²) in [4.78, 5) is 7.09. The van der Waals surface area contributed by atoms with Gasteiger partial charge in [0.05, 0.1) is 0 Å². The summed E-state index contributed by atoms with van der Waals surface area (Å²) in [5.41, 5.74) is 8.29. The minimum Gasteiger partial charge on any atom is -0.436 e. The molecule has 0 saturated carbocycles. The van der Waals surface area contributed by atoms with Gasteiger partial charge in [0.25, 0.3) is 0 Å². The zero-order valence-electron chi connectivity index (χ0n) is 29.9. The van der Waals surface area contributed by atoms with Gasteiger partial charge in [0.2, 0.25) is 5.89 Å². The molecule has 0 atom stereocenters. The Labute approximate surface area is 329 Å². The molecule has 9 aromatic carbocycles. The Balaban J connectivity index is 0.964. The Kier molecular flexibility index (Phi) is 6.97. The SMILES string of the molecule is c1ccc2cc3c(cc2c1)sc1cc(N(c2ccc(-c4ccc(-c5nc6ccccc6o5)cc4)cc2)c2ccc4c(c2)sc2cc5ccccc5cc24)ccc13. The number of aromatic nitrogens is 1. The fourth-order valence-electron chi connectivity index (χ4n) is 8.23. The standard InChI is InChI=1S/C51H30N2OS2/c1-3-9-36-27-47-43(25-34(36)7-1)41-23-21-39(29-49(41)55-47)53(40-22-24-42-44-26-35-8-2-4-10-37(35)28-48(44)56-50(42)30-40)38-19-17-32(18-20-38)31-13-15-33(16-14-31)51-52-45-11-5-6-12-46(45)54-51/h1-30H. The minimum atomic E-state index is 0.636. The Bertz CT molecular complexity index is 3300. The Hall–Kier alpha value is -6.79. The molecular weight excluding hydrogens is 721 g/mol. The first-order valence-electron chi connectivity index (χ1n) is 18.8. The number of rotatable bonds is 5. The molecule has 0 aliphatic heterocycles. The lowest BCUT2D eigenvalue weighted by molar-refractivity contribution is 0.620. The van der Waals surface area contributed by atoms with Gasteiger partial charge >= 0.3 is 0 Å². The van der Waals surface area contributed by atoms with Crippen LogP contribution in [-0.2, 0) is 0 Å². The highest BCUT2D eigenvalue weighted by molar-refractivity contribution is 7.26. The van der Waals surface area contributed by atoms with Gasteiger partial charge in [-0.25, -0.2) is 4.98 Å². The molecule has 0 fully saturated rings. The summed E-state index contributed by atoms with van der Waals surface area (Å²) in [5.74, 6) is 0.636. The average Bonchev–Trinajstić information content (AvgIpc) is 3.95. The van der Waals surface area contributed by atoms with Crippen molar-refractivity contribution in [1.82, 2.24) is 4.98 Å². The second kappa shape index (κ2) is 12.4. The van der Waals surface area contributed by atoms with E-state index < -0.39 is 0 Å². The lowest BCUT2D eigenvalue weighted by Crippen LogP contribution is -2.09. The van der Waals surface area contributed by atoms with Crippen LogP contribution in [0.15, 0.2) is 186 Å². The number of thiophene rings is 2. The van der Waals surface area contributed by atoms with Gasteiger partial charge in [-0.05, 0) is 118 Å². The molecule has 56 heavy (non-hydrogen) atoms. The van der Waals surface area contributed by atoms with Crippen LogP contribution in [0, 0.1) is 0 Å². The maximum Gasteiger partial charge on any atom is 0.227 e. The zero-order valence-corrected chi connectivity index (χ0v) is 31.6. The summed E-state index contributed by atoms with van der Waals surface area (Å²) in [6.45, 7) is 0. The van der Waals surface area contributed by atoms with Crippen LogP contribution in [0.1, 0.15) is 0 Å². The van der Waals surface area contributed by atoms with E-state index in [1.54, 1.807) is 0 Å². The van der Waals surface area contributed by atoms with Crippen LogP contribution in [0.5, 0.6) is 0 Å². The maximum absolute atomic E-state index is 6.03. The summed E-state index contributed by atoms with van der Waals surface area (Å²) >= 11 is 3.74. The first-order valence-corrected chi connectivity index (χ1v) is 20.4. The number of fused-ring (bicyclic) bond motifs is 9. The molecule has 5 heteroatoms. The summed E-state index contributed by atoms with van der Waals surface area (Å²) in [6.07, 6.45) is 0. The lowest BCUT2D eigenvalue weighted by Gasteiger charge is -2.26. The van der Waals surface area contributed by atoms with Gasteiger partial charge in [0.1, 0.15) is 5.52 Å². The number of hydrogen-bond acceptors (Lipinski definition) is 5. The van der Waals surface area contributed by atoms with Crippen LogP contribution < -0.4 is 4.90 Å². The van der Waals surface area contributed by atoms with Crippen molar-refractivity contribution in [2.24, 2.45) is 0 Å². The second-order valence-electron chi connectivity index (χ2n) is 14.4. The molecule has 0 aliphatic rings. The Morgan fingerprint density at radius 1 is 0.375 bits per heavy atom. The zero-order chi connectivity index (χ0) is 36.7. The molecule has 12 aromatic rings. The number of anilines is 3. The summed E-state index contributed by atoms with van der Waals surface area (Å²) in [6, 6.07) is 65.9. The third-order valence-electron chi connectivity index (χ3n) is 11.0. The van der Waals surface area contributed by atoms with Crippen molar-refractivity contribution in [3.05, 3.63) is 182 Å². The molecule has 0 spiro atoms. The molecule has 3 aromatic heterocycles. The molecule has 0 saturated heterocycles. The number of nitrogens with zero attached hydrogens (tertiary/aromatic N) is 2. The Morgan fingerprint density at radius 3 is 1.38 bits per heavy atom. The smallest absolute Gasteiger partial charge is 0.227 e. The fraction of sp³-hybridized carbons (Fsp3) is 0. The molecule has 0 N–H and O–H groups in total. The van der Waals surface area contributed by atoms with Gasteiger partial charge in [-0.2, -0.15) is 0 Å². The largest absolute Gasteiger partial charge is 0.436 e. The maximum atomic E-state index is 6.03. The van der Waals surface area contributed by atoms with Gasteiger partial charge in [-0.1, -0.05) is 97.1 Å². The van der Waals surface area contributed by atoms with E-state index in [1.165, 1.54) is 61.9 Å². The van der Waals surface area contributed by atoms with Crippen LogP contribution in [0.2, 0.25) is 0 Å². The van der Waals surface area contributed by atoms with Gasteiger partial charge in [-0.15, -0.1) is 22.7 Å². The van der Waals surface area contributed by atoms with E-state index in [2.05, 4.69) is 163 Å². The number of benzene rings is 9. The molecular formula is C51H30N2OS2. The summed E-state index contributed by atoms with van der Waals surface area (Å²) in [7, 11) is 0. The molecule has 262 valence electrons. The molecule has 3 nitrogen and oxygen atoms in total. The van der Waals surface area contributed by atoms with Crippen molar-refractivity contribution in [1.29, 1.82) is 0 Å². The molecule has 0 bridgehead atoms. The summed E-state index contributed by atoms with van der Waals surface area (Å²) in [5, 5.41) is 10.3. The molecule has 0 unspecified atom stereocenters. The van der Waals surface area contributed by atoms with Gasteiger partial charge < -0.3 is 9.32 Å². The van der Waals surface area contributed by atoms with Crippen molar-refractivity contribution >= 4 is 113 Å². The van der Waals surface area contributed by atoms with E-state index in [0.717, 1.165) is 44.9 Å². The number of para-hydroxylation sites is 2. The van der Waals surface area contributed by atoms with E-state index in [9.17, 15) is 0 Å². The number of oxazole rings is 1. The molecule has 12 rings (SSSR count).